The number of aryl methyl sites for hydroxylation is 1. The summed E-state index contributed by atoms with van der Waals surface area (Å²) >= 11 is 0. The molecule has 0 aliphatic carbocycles. The van der Waals surface area contributed by atoms with Gasteiger partial charge in [-0.1, -0.05) is 43.3 Å². The highest BCUT2D eigenvalue weighted by molar-refractivity contribution is 5.27. The van der Waals surface area contributed by atoms with Gasteiger partial charge >= 0.3 is 0 Å². The average molecular weight is 243 g/mol. The number of rotatable bonds is 4. The van der Waals surface area contributed by atoms with E-state index in [-0.39, 0.29) is 11.9 Å². The lowest BCUT2D eigenvalue weighted by atomic mass is 9.98. The van der Waals surface area contributed by atoms with E-state index in [1.54, 1.807) is 12.1 Å². The maximum atomic E-state index is 12.8. The predicted molar refractivity (Wildman–Crippen MR) is 72.9 cm³/mol. The van der Waals surface area contributed by atoms with E-state index in [0.717, 1.165) is 24.0 Å². The topological polar surface area (TPSA) is 26.0 Å². The highest BCUT2D eigenvalue weighted by atomic mass is 19.1. The summed E-state index contributed by atoms with van der Waals surface area (Å²) in [6.07, 6.45) is 1.76. The Labute approximate surface area is 107 Å². The zero-order chi connectivity index (χ0) is 13.0. The number of nitrogens with two attached hydrogens (primary N) is 1. The second-order valence-electron chi connectivity index (χ2n) is 4.53. The molecule has 0 saturated heterocycles. The van der Waals surface area contributed by atoms with Gasteiger partial charge in [0.15, 0.2) is 0 Å². The van der Waals surface area contributed by atoms with Crippen LogP contribution in [0.5, 0.6) is 0 Å². The molecule has 0 aromatic heterocycles. The molecule has 2 N–H and O–H groups in total. The quantitative estimate of drug-likeness (QED) is 0.871. The molecule has 0 saturated carbocycles. The first-order valence-electron chi connectivity index (χ1n) is 6.28. The van der Waals surface area contributed by atoms with Crippen molar-refractivity contribution in [2.24, 2.45) is 5.73 Å². The summed E-state index contributed by atoms with van der Waals surface area (Å²) in [4.78, 5) is 0. The number of hydrogen-bond donors (Lipinski definition) is 1. The van der Waals surface area contributed by atoms with Gasteiger partial charge < -0.3 is 5.73 Å². The number of benzene rings is 2. The van der Waals surface area contributed by atoms with Crippen LogP contribution in [0.15, 0.2) is 48.5 Å². The molecule has 94 valence electrons. The fourth-order valence-electron chi connectivity index (χ4n) is 1.99. The van der Waals surface area contributed by atoms with Gasteiger partial charge in [-0.05, 0) is 41.7 Å². The molecule has 0 bridgehead atoms. The third kappa shape index (κ3) is 3.17. The highest BCUT2D eigenvalue weighted by Crippen LogP contribution is 2.17. The average Bonchev–Trinajstić information content (AvgIpc) is 2.41. The van der Waals surface area contributed by atoms with Crippen molar-refractivity contribution in [2.45, 2.75) is 25.8 Å². The minimum atomic E-state index is -0.209. The third-order valence-electron chi connectivity index (χ3n) is 3.18. The lowest BCUT2D eigenvalue weighted by Gasteiger charge is -2.12. The van der Waals surface area contributed by atoms with Gasteiger partial charge in [-0.2, -0.15) is 0 Å². The molecule has 0 radical (unpaired) electrons. The fraction of sp³-hybridized carbons (Fsp3) is 0.250. The van der Waals surface area contributed by atoms with Crippen molar-refractivity contribution in [3.05, 3.63) is 71.0 Å². The van der Waals surface area contributed by atoms with E-state index in [1.165, 1.54) is 17.7 Å². The largest absolute Gasteiger partial charge is 0.324 e. The molecule has 0 spiro atoms. The van der Waals surface area contributed by atoms with Crippen molar-refractivity contribution in [3.8, 4) is 0 Å². The van der Waals surface area contributed by atoms with Crippen LogP contribution in [0.4, 0.5) is 4.39 Å². The van der Waals surface area contributed by atoms with Crippen LogP contribution in [0, 0.1) is 5.82 Å². The van der Waals surface area contributed by atoms with Crippen molar-refractivity contribution < 1.29 is 4.39 Å². The Morgan fingerprint density at radius 3 is 2.06 bits per heavy atom. The Morgan fingerprint density at radius 2 is 1.50 bits per heavy atom. The highest BCUT2D eigenvalue weighted by Gasteiger charge is 2.07. The first-order chi connectivity index (χ1) is 8.69. The van der Waals surface area contributed by atoms with E-state index in [1.807, 2.05) is 0 Å². The summed E-state index contributed by atoms with van der Waals surface area (Å²) in [5.74, 6) is -0.209. The van der Waals surface area contributed by atoms with E-state index < -0.39 is 0 Å². The number of halogens is 1. The molecular weight excluding hydrogens is 225 g/mol. The second-order valence-corrected chi connectivity index (χ2v) is 4.53. The van der Waals surface area contributed by atoms with Gasteiger partial charge in [-0.15, -0.1) is 0 Å². The molecule has 0 fully saturated rings. The Bertz CT molecular complexity index is 488. The molecule has 2 aromatic rings. The van der Waals surface area contributed by atoms with Crippen LogP contribution in [0.3, 0.4) is 0 Å². The molecule has 0 aliphatic rings. The van der Waals surface area contributed by atoms with Gasteiger partial charge in [0.05, 0.1) is 0 Å². The van der Waals surface area contributed by atoms with Gasteiger partial charge in [-0.25, -0.2) is 4.39 Å². The van der Waals surface area contributed by atoms with Crippen molar-refractivity contribution >= 4 is 0 Å². The molecular formula is C16H18FN. The Morgan fingerprint density at radius 1 is 0.944 bits per heavy atom. The van der Waals surface area contributed by atoms with E-state index in [4.69, 9.17) is 5.73 Å². The maximum absolute atomic E-state index is 12.8. The summed E-state index contributed by atoms with van der Waals surface area (Å²) in [5, 5.41) is 0. The summed E-state index contributed by atoms with van der Waals surface area (Å²) in [6.45, 7) is 2.13. The van der Waals surface area contributed by atoms with E-state index in [2.05, 4.69) is 31.2 Å². The van der Waals surface area contributed by atoms with Gasteiger partial charge in [0.2, 0.25) is 0 Å². The maximum Gasteiger partial charge on any atom is 0.123 e. The van der Waals surface area contributed by atoms with Crippen LogP contribution in [0.25, 0.3) is 0 Å². The minimum Gasteiger partial charge on any atom is -0.324 e. The van der Waals surface area contributed by atoms with Crippen LogP contribution in [-0.2, 0) is 12.8 Å². The molecule has 2 aromatic carbocycles. The lowest BCUT2D eigenvalue weighted by molar-refractivity contribution is 0.625. The summed E-state index contributed by atoms with van der Waals surface area (Å²) in [5.41, 5.74) is 9.66. The molecule has 0 amide bonds. The van der Waals surface area contributed by atoms with E-state index in [9.17, 15) is 4.39 Å². The van der Waals surface area contributed by atoms with E-state index in [0.29, 0.717) is 0 Å². The van der Waals surface area contributed by atoms with Crippen LogP contribution < -0.4 is 5.73 Å². The molecule has 2 heteroatoms. The van der Waals surface area contributed by atoms with Crippen LogP contribution in [0.1, 0.15) is 29.7 Å². The smallest absolute Gasteiger partial charge is 0.123 e. The molecule has 1 unspecified atom stereocenters. The minimum absolute atomic E-state index is 0.0404. The van der Waals surface area contributed by atoms with Crippen molar-refractivity contribution in [1.82, 2.24) is 0 Å². The van der Waals surface area contributed by atoms with Gasteiger partial charge in [0.25, 0.3) is 0 Å². The van der Waals surface area contributed by atoms with Crippen LogP contribution >= 0.6 is 0 Å². The van der Waals surface area contributed by atoms with E-state index >= 15 is 0 Å². The SMILES string of the molecule is CCc1ccc(C(N)Cc2ccc(F)cc2)cc1. The van der Waals surface area contributed by atoms with Gasteiger partial charge in [-0.3, -0.25) is 0 Å². The summed E-state index contributed by atoms with van der Waals surface area (Å²) in [6, 6.07) is 14.9. The normalized spacial score (nSPS) is 12.4. The fourth-order valence-corrected chi connectivity index (χ4v) is 1.99. The molecule has 1 atom stereocenters. The summed E-state index contributed by atoms with van der Waals surface area (Å²) in [7, 11) is 0. The molecule has 2 rings (SSSR count). The van der Waals surface area contributed by atoms with Crippen molar-refractivity contribution in [3.63, 3.8) is 0 Å². The lowest BCUT2D eigenvalue weighted by Crippen LogP contribution is -2.13. The van der Waals surface area contributed by atoms with Crippen molar-refractivity contribution in [2.75, 3.05) is 0 Å². The number of hydrogen-bond acceptors (Lipinski definition) is 1. The first kappa shape index (κ1) is 12.8. The van der Waals surface area contributed by atoms with Crippen molar-refractivity contribution in [1.29, 1.82) is 0 Å². The molecule has 18 heavy (non-hydrogen) atoms. The summed E-state index contributed by atoms with van der Waals surface area (Å²) < 4.78 is 12.8. The standard InChI is InChI=1S/C16H18FN/c1-2-12-3-7-14(8-4-12)16(18)11-13-5-9-15(17)10-6-13/h3-10,16H,2,11,18H2,1H3. The molecule has 1 nitrogen and oxygen atoms in total. The van der Waals surface area contributed by atoms with Gasteiger partial charge in [0, 0.05) is 6.04 Å². The Balaban J connectivity index is 2.06. The van der Waals surface area contributed by atoms with Crippen LogP contribution in [0.2, 0.25) is 0 Å². The second kappa shape index (κ2) is 5.78. The zero-order valence-corrected chi connectivity index (χ0v) is 10.6. The molecule has 0 aliphatic heterocycles. The monoisotopic (exact) mass is 243 g/mol. The Kier molecular flexibility index (Phi) is 4.11. The first-order valence-corrected chi connectivity index (χ1v) is 6.28. The third-order valence-corrected chi connectivity index (χ3v) is 3.18. The Hall–Kier alpha value is -1.67. The van der Waals surface area contributed by atoms with Crippen LogP contribution in [-0.4, -0.2) is 0 Å². The van der Waals surface area contributed by atoms with Gasteiger partial charge in [0.1, 0.15) is 5.82 Å². The molecule has 0 heterocycles. The predicted octanol–water partition coefficient (Wildman–Crippen LogP) is 3.63. The zero-order valence-electron chi connectivity index (χ0n) is 10.6.